The third kappa shape index (κ3) is 2.32. The van der Waals surface area contributed by atoms with E-state index in [4.69, 9.17) is 5.73 Å². The van der Waals surface area contributed by atoms with Crippen LogP contribution in [-0.2, 0) is 13.0 Å². The van der Waals surface area contributed by atoms with Crippen molar-refractivity contribution >= 4 is 11.3 Å². The van der Waals surface area contributed by atoms with Gasteiger partial charge in [-0.25, -0.2) is 4.98 Å². The van der Waals surface area contributed by atoms with Gasteiger partial charge in [0.1, 0.15) is 5.01 Å². The van der Waals surface area contributed by atoms with Crippen LogP contribution in [0, 0.1) is 0 Å². The molecule has 0 radical (unpaired) electrons. The lowest BCUT2D eigenvalue weighted by Gasteiger charge is -2.32. The largest absolute Gasteiger partial charge is 0.328 e. The highest BCUT2D eigenvalue weighted by Gasteiger charge is 2.25. The van der Waals surface area contributed by atoms with Gasteiger partial charge in [0, 0.05) is 29.7 Å². The third-order valence-corrected chi connectivity index (χ3v) is 3.81. The normalized spacial score (nSPS) is 26.1. The first-order chi connectivity index (χ1) is 6.78. The van der Waals surface area contributed by atoms with E-state index in [1.807, 2.05) is 6.20 Å². The summed E-state index contributed by atoms with van der Waals surface area (Å²) in [5, 5.41) is 4.67. The molecular weight excluding hydrogens is 194 g/mol. The van der Waals surface area contributed by atoms with E-state index in [1.54, 1.807) is 11.3 Å². The zero-order valence-corrected chi connectivity index (χ0v) is 9.31. The maximum atomic E-state index is 5.71. The molecule has 3 nitrogen and oxygen atoms in total. The zero-order chi connectivity index (χ0) is 9.97. The van der Waals surface area contributed by atoms with Crippen molar-refractivity contribution in [2.45, 2.75) is 44.8 Å². The number of aryl methyl sites for hydroxylation is 1. The van der Waals surface area contributed by atoms with Crippen LogP contribution in [-0.4, -0.2) is 17.1 Å². The van der Waals surface area contributed by atoms with Crippen LogP contribution in [0.1, 0.15) is 29.7 Å². The first-order valence-corrected chi connectivity index (χ1v) is 6.02. The second-order valence-corrected chi connectivity index (χ2v) is 5.08. The van der Waals surface area contributed by atoms with Gasteiger partial charge in [0.05, 0.1) is 0 Å². The van der Waals surface area contributed by atoms with Gasteiger partial charge in [-0.1, -0.05) is 6.92 Å². The lowest BCUT2D eigenvalue weighted by molar-refractivity contribution is 0.290. The summed E-state index contributed by atoms with van der Waals surface area (Å²) in [4.78, 5) is 5.73. The minimum absolute atomic E-state index is 0.426. The van der Waals surface area contributed by atoms with Gasteiger partial charge in [0.15, 0.2) is 0 Å². The standard InChI is InChI=1S/C10H17N3S/c1-2-9-5-13-10(14-9)6-12-8-3-7(11)4-8/h5,7-8,12H,2-4,6,11H2,1H3. The minimum Gasteiger partial charge on any atom is -0.328 e. The smallest absolute Gasteiger partial charge is 0.107 e. The Morgan fingerprint density at radius 1 is 1.64 bits per heavy atom. The molecule has 1 aromatic rings. The second kappa shape index (κ2) is 4.38. The van der Waals surface area contributed by atoms with Crippen LogP contribution < -0.4 is 11.1 Å². The molecule has 1 aliphatic rings. The lowest BCUT2D eigenvalue weighted by atomic mass is 9.88. The highest BCUT2D eigenvalue weighted by atomic mass is 32.1. The van der Waals surface area contributed by atoms with Crippen molar-refractivity contribution in [2.24, 2.45) is 5.73 Å². The van der Waals surface area contributed by atoms with Crippen LogP contribution in [0.3, 0.4) is 0 Å². The minimum atomic E-state index is 0.426. The van der Waals surface area contributed by atoms with Gasteiger partial charge >= 0.3 is 0 Å². The molecule has 0 aliphatic heterocycles. The van der Waals surface area contributed by atoms with Gasteiger partial charge < -0.3 is 11.1 Å². The molecule has 1 fully saturated rings. The molecule has 2 rings (SSSR count). The molecule has 0 atom stereocenters. The quantitative estimate of drug-likeness (QED) is 0.789. The lowest BCUT2D eigenvalue weighted by Crippen LogP contribution is -2.48. The van der Waals surface area contributed by atoms with E-state index >= 15 is 0 Å². The van der Waals surface area contributed by atoms with E-state index in [0.717, 1.165) is 25.8 Å². The van der Waals surface area contributed by atoms with Crippen LogP contribution in [0.4, 0.5) is 0 Å². The Kier molecular flexibility index (Phi) is 3.15. The highest BCUT2D eigenvalue weighted by molar-refractivity contribution is 7.11. The summed E-state index contributed by atoms with van der Waals surface area (Å²) in [6.45, 7) is 3.07. The fourth-order valence-corrected chi connectivity index (χ4v) is 2.47. The first kappa shape index (κ1) is 10.1. The summed E-state index contributed by atoms with van der Waals surface area (Å²) >= 11 is 1.81. The molecule has 1 heterocycles. The van der Waals surface area contributed by atoms with Crippen molar-refractivity contribution < 1.29 is 0 Å². The predicted octanol–water partition coefficient (Wildman–Crippen LogP) is 1.28. The molecule has 1 saturated carbocycles. The topological polar surface area (TPSA) is 50.9 Å². The Balaban J connectivity index is 1.75. The van der Waals surface area contributed by atoms with Gasteiger partial charge in [-0.3, -0.25) is 0 Å². The number of hydrogen-bond donors (Lipinski definition) is 2. The number of thiazole rings is 1. The monoisotopic (exact) mass is 211 g/mol. The summed E-state index contributed by atoms with van der Waals surface area (Å²) in [5.74, 6) is 0. The van der Waals surface area contributed by atoms with Crippen molar-refractivity contribution in [2.75, 3.05) is 0 Å². The van der Waals surface area contributed by atoms with Crippen LogP contribution >= 0.6 is 11.3 Å². The van der Waals surface area contributed by atoms with Crippen molar-refractivity contribution in [1.29, 1.82) is 0 Å². The van der Waals surface area contributed by atoms with Crippen LogP contribution in [0.2, 0.25) is 0 Å². The first-order valence-electron chi connectivity index (χ1n) is 5.20. The van der Waals surface area contributed by atoms with Crippen molar-refractivity contribution in [3.63, 3.8) is 0 Å². The molecule has 1 aromatic heterocycles. The van der Waals surface area contributed by atoms with Crippen LogP contribution in [0.15, 0.2) is 6.20 Å². The highest BCUT2D eigenvalue weighted by Crippen LogP contribution is 2.19. The Bertz CT molecular complexity index is 291. The van der Waals surface area contributed by atoms with Gasteiger partial charge in [0.25, 0.3) is 0 Å². The Labute approximate surface area is 88.7 Å². The maximum absolute atomic E-state index is 5.71. The molecule has 1 aliphatic carbocycles. The molecule has 14 heavy (non-hydrogen) atoms. The van der Waals surface area contributed by atoms with E-state index in [2.05, 4.69) is 17.2 Å². The molecule has 78 valence electrons. The van der Waals surface area contributed by atoms with Crippen molar-refractivity contribution in [1.82, 2.24) is 10.3 Å². The summed E-state index contributed by atoms with van der Waals surface area (Å²) < 4.78 is 0. The Hall–Kier alpha value is -0.450. The summed E-state index contributed by atoms with van der Waals surface area (Å²) in [6, 6.07) is 1.05. The molecule has 0 unspecified atom stereocenters. The summed E-state index contributed by atoms with van der Waals surface area (Å²) in [7, 11) is 0. The van der Waals surface area contributed by atoms with Crippen molar-refractivity contribution in [3.8, 4) is 0 Å². The second-order valence-electron chi connectivity index (χ2n) is 3.88. The number of nitrogens with one attached hydrogen (secondary N) is 1. The average Bonchev–Trinajstić information content (AvgIpc) is 2.58. The van der Waals surface area contributed by atoms with Gasteiger partial charge in [-0.05, 0) is 19.3 Å². The average molecular weight is 211 g/mol. The predicted molar refractivity (Wildman–Crippen MR) is 59.3 cm³/mol. The van der Waals surface area contributed by atoms with Gasteiger partial charge in [-0.15, -0.1) is 11.3 Å². The molecule has 3 N–H and O–H groups in total. The van der Waals surface area contributed by atoms with E-state index in [9.17, 15) is 0 Å². The van der Waals surface area contributed by atoms with Crippen LogP contribution in [0.25, 0.3) is 0 Å². The maximum Gasteiger partial charge on any atom is 0.107 e. The number of aromatic nitrogens is 1. The van der Waals surface area contributed by atoms with Crippen LogP contribution in [0.5, 0.6) is 0 Å². The van der Waals surface area contributed by atoms with Crippen molar-refractivity contribution in [3.05, 3.63) is 16.1 Å². The van der Waals surface area contributed by atoms with Gasteiger partial charge in [-0.2, -0.15) is 0 Å². The molecule has 0 saturated heterocycles. The molecule has 0 spiro atoms. The molecule has 4 heteroatoms. The van der Waals surface area contributed by atoms with E-state index in [0.29, 0.717) is 12.1 Å². The van der Waals surface area contributed by atoms with Gasteiger partial charge in [0.2, 0.25) is 0 Å². The molecule has 0 amide bonds. The molecular formula is C10H17N3S. The summed E-state index contributed by atoms with van der Waals surface area (Å²) in [5.41, 5.74) is 5.71. The fraction of sp³-hybridized carbons (Fsp3) is 0.700. The Morgan fingerprint density at radius 2 is 2.43 bits per heavy atom. The number of hydrogen-bond acceptors (Lipinski definition) is 4. The SMILES string of the molecule is CCc1cnc(CNC2CC(N)C2)s1. The zero-order valence-electron chi connectivity index (χ0n) is 8.49. The van der Waals surface area contributed by atoms with E-state index < -0.39 is 0 Å². The fourth-order valence-electron chi connectivity index (χ4n) is 1.65. The number of nitrogens with two attached hydrogens (primary N) is 1. The summed E-state index contributed by atoms with van der Waals surface area (Å²) in [6.07, 6.45) is 5.30. The Morgan fingerprint density at radius 3 is 3.00 bits per heavy atom. The third-order valence-electron chi connectivity index (χ3n) is 2.67. The molecule has 0 bridgehead atoms. The number of rotatable bonds is 4. The van der Waals surface area contributed by atoms with E-state index in [1.165, 1.54) is 9.88 Å². The molecule has 0 aromatic carbocycles. The number of nitrogens with zero attached hydrogens (tertiary/aromatic N) is 1. The van der Waals surface area contributed by atoms with E-state index in [-0.39, 0.29) is 0 Å².